The van der Waals surface area contributed by atoms with E-state index in [2.05, 4.69) is 34.8 Å². The van der Waals surface area contributed by atoms with Gasteiger partial charge in [-0.25, -0.2) is 9.67 Å². The van der Waals surface area contributed by atoms with Gasteiger partial charge in [0.05, 0.1) is 12.2 Å². The highest BCUT2D eigenvalue weighted by atomic mass is 16.3. The molecule has 1 aromatic heterocycles. The molecule has 3 rings (SSSR count). The van der Waals surface area contributed by atoms with Crippen LogP contribution in [-0.2, 0) is 6.54 Å². The van der Waals surface area contributed by atoms with Crippen molar-refractivity contribution in [3.8, 4) is 5.69 Å². The largest absolute Gasteiger partial charge is 0.396 e. The molecule has 1 heterocycles. The van der Waals surface area contributed by atoms with Crippen LogP contribution in [0.5, 0.6) is 0 Å². The fraction of sp³-hybridized carbons (Fsp3) is 0.545. The van der Waals surface area contributed by atoms with Crippen LogP contribution >= 0.6 is 0 Å². The Labute approximate surface area is 168 Å². The third-order valence-corrected chi connectivity index (χ3v) is 5.63. The molecule has 1 aliphatic carbocycles. The highest BCUT2D eigenvalue weighted by molar-refractivity contribution is 5.79. The second-order valence-electron chi connectivity index (χ2n) is 7.70. The number of benzene rings is 1. The van der Waals surface area contributed by atoms with Gasteiger partial charge in [-0.15, -0.1) is 0 Å². The molecule has 6 nitrogen and oxygen atoms in total. The first-order valence-electron chi connectivity index (χ1n) is 10.5. The summed E-state index contributed by atoms with van der Waals surface area (Å²) in [5.74, 6) is 0.842. The zero-order chi connectivity index (χ0) is 19.7. The van der Waals surface area contributed by atoms with Crippen molar-refractivity contribution in [2.75, 3.05) is 19.7 Å². The van der Waals surface area contributed by atoms with E-state index in [0.29, 0.717) is 6.54 Å². The average molecular weight is 384 g/mol. The summed E-state index contributed by atoms with van der Waals surface area (Å²) < 4.78 is 1.86. The summed E-state index contributed by atoms with van der Waals surface area (Å²) in [7, 11) is 0. The number of hydrogen-bond acceptors (Lipinski definition) is 3. The molecular weight excluding hydrogens is 350 g/mol. The Morgan fingerprint density at radius 2 is 2.07 bits per heavy atom. The first kappa shape index (κ1) is 20.4. The van der Waals surface area contributed by atoms with Crippen molar-refractivity contribution in [1.29, 1.82) is 0 Å². The molecule has 0 atom stereocenters. The molecule has 0 radical (unpaired) electrons. The van der Waals surface area contributed by atoms with Crippen LogP contribution in [0, 0.1) is 5.41 Å². The molecule has 0 bridgehead atoms. The van der Waals surface area contributed by atoms with Gasteiger partial charge in [-0.05, 0) is 55.4 Å². The summed E-state index contributed by atoms with van der Waals surface area (Å²) in [6.07, 6.45) is 10.8. The van der Waals surface area contributed by atoms with E-state index in [4.69, 9.17) is 4.99 Å². The maximum Gasteiger partial charge on any atom is 0.191 e. The summed E-state index contributed by atoms with van der Waals surface area (Å²) >= 11 is 0. The fourth-order valence-corrected chi connectivity index (χ4v) is 4.06. The van der Waals surface area contributed by atoms with Crippen LogP contribution in [0.4, 0.5) is 0 Å². The third-order valence-electron chi connectivity index (χ3n) is 5.63. The zero-order valence-electron chi connectivity index (χ0n) is 16.9. The van der Waals surface area contributed by atoms with Crippen molar-refractivity contribution < 1.29 is 5.11 Å². The van der Waals surface area contributed by atoms with Crippen LogP contribution in [0.15, 0.2) is 47.7 Å². The minimum atomic E-state index is 0.198. The van der Waals surface area contributed by atoms with Crippen molar-refractivity contribution in [1.82, 2.24) is 20.4 Å². The smallest absolute Gasteiger partial charge is 0.191 e. The molecule has 1 fully saturated rings. The molecule has 0 spiro atoms. The normalized spacial score (nSPS) is 16.7. The van der Waals surface area contributed by atoms with E-state index in [1.807, 2.05) is 29.1 Å². The lowest BCUT2D eigenvalue weighted by Gasteiger charge is -2.37. The van der Waals surface area contributed by atoms with Crippen molar-refractivity contribution in [3.05, 3.63) is 48.3 Å². The Balaban J connectivity index is 1.64. The van der Waals surface area contributed by atoms with Gasteiger partial charge in [0.15, 0.2) is 5.96 Å². The second-order valence-corrected chi connectivity index (χ2v) is 7.70. The van der Waals surface area contributed by atoms with E-state index in [1.54, 1.807) is 6.20 Å². The van der Waals surface area contributed by atoms with Gasteiger partial charge >= 0.3 is 0 Å². The molecule has 3 N–H and O–H groups in total. The van der Waals surface area contributed by atoms with E-state index in [1.165, 1.54) is 32.1 Å². The molecule has 1 aromatic carbocycles. The highest BCUT2D eigenvalue weighted by Gasteiger charge is 2.31. The summed E-state index contributed by atoms with van der Waals surface area (Å²) in [5, 5.41) is 20.7. The Morgan fingerprint density at radius 3 is 2.79 bits per heavy atom. The minimum Gasteiger partial charge on any atom is -0.396 e. The van der Waals surface area contributed by atoms with Crippen LogP contribution in [0.3, 0.4) is 0 Å². The van der Waals surface area contributed by atoms with Crippen molar-refractivity contribution >= 4 is 5.96 Å². The SMILES string of the molecule is CCNC(=NCc1cccc(-n2cccn2)c1)NCC1(CCO)CCCCC1. The van der Waals surface area contributed by atoms with Crippen molar-refractivity contribution in [2.24, 2.45) is 10.4 Å². The predicted octanol–water partition coefficient (Wildman–Crippen LogP) is 3.26. The maximum absolute atomic E-state index is 9.53. The number of nitrogens with zero attached hydrogens (tertiary/aromatic N) is 3. The number of aliphatic hydroxyl groups is 1. The summed E-state index contributed by atoms with van der Waals surface area (Å²) in [6.45, 7) is 4.64. The molecule has 6 heteroatoms. The number of nitrogens with one attached hydrogen (secondary N) is 2. The van der Waals surface area contributed by atoms with Gasteiger partial charge in [-0.1, -0.05) is 31.4 Å². The van der Waals surface area contributed by atoms with Crippen LogP contribution in [0.25, 0.3) is 5.69 Å². The number of rotatable bonds is 8. The van der Waals surface area contributed by atoms with Crippen molar-refractivity contribution in [2.45, 2.75) is 52.0 Å². The Morgan fingerprint density at radius 1 is 1.21 bits per heavy atom. The van der Waals surface area contributed by atoms with Crippen LogP contribution in [0.2, 0.25) is 0 Å². The number of aliphatic hydroxyl groups excluding tert-OH is 1. The lowest BCUT2D eigenvalue weighted by atomic mass is 9.72. The summed E-state index contributed by atoms with van der Waals surface area (Å²) in [4.78, 5) is 4.78. The second kappa shape index (κ2) is 10.3. The summed E-state index contributed by atoms with van der Waals surface area (Å²) in [5.41, 5.74) is 2.39. The lowest BCUT2D eigenvalue weighted by molar-refractivity contribution is 0.131. The van der Waals surface area contributed by atoms with Gasteiger partial charge in [0, 0.05) is 32.1 Å². The number of hydrogen-bond donors (Lipinski definition) is 3. The zero-order valence-corrected chi connectivity index (χ0v) is 16.9. The lowest BCUT2D eigenvalue weighted by Crippen LogP contribution is -2.44. The topological polar surface area (TPSA) is 74.5 Å². The van der Waals surface area contributed by atoms with E-state index in [-0.39, 0.29) is 12.0 Å². The van der Waals surface area contributed by atoms with E-state index in [9.17, 15) is 5.11 Å². The van der Waals surface area contributed by atoms with Gasteiger partial charge in [0.2, 0.25) is 0 Å². The van der Waals surface area contributed by atoms with Crippen LogP contribution in [-0.4, -0.2) is 40.5 Å². The third kappa shape index (κ3) is 5.58. The van der Waals surface area contributed by atoms with Crippen LogP contribution < -0.4 is 10.6 Å². The molecule has 1 aliphatic rings. The molecule has 28 heavy (non-hydrogen) atoms. The first-order chi connectivity index (χ1) is 13.7. The van der Waals surface area contributed by atoms with Gasteiger partial charge in [0.1, 0.15) is 0 Å². The minimum absolute atomic E-state index is 0.198. The monoisotopic (exact) mass is 383 g/mol. The van der Waals surface area contributed by atoms with Gasteiger partial charge in [-0.3, -0.25) is 0 Å². The van der Waals surface area contributed by atoms with Gasteiger partial charge < -0.3 is 15.7 Å². The molecule has 1 saturated carbocycles. The molecule has 0 saturated heterocycles. The average Bonchev–Trinajstić information content (AvgIpc) is 3.26. The Hall–Kier alpha value is -2.34. The highest BCUT2D eigenvalue weighted by Crippen LogP contribution is 2.38. The van der Waals surface area contributed by atoms with Gasteiger partial charge in [-0.2, -0.15) is 5.10 Å². The molecule has 152 valence electrons. The predicted molar refractivity (Wildman–Crippen MR) is 114 cm³/mol. The van der Waals surface area contributed by atoms with E-state index in [0.717, 1.165) is 36.7 Å². The number of guanidine groups is 1. The molecule has 0 amide bonds. The number of aromatic nitrogens is 2. The van der Waals surface area contributed by atoms with Crippen molar-refractivity contribution in [3.63, 3.8) is 0 Å². The molecule has 0 unspecified atom stereocenters. The van der Waals surface area contributed by atoms with Gasteiger partial charge in [0.25, 0.3) is 0 Å². The quantitative estimate of drug-likeness (QED) is 0.483. The number of aliphatic imine (C=N–C) groups is 1. The Kier molecular flexibility index (Phi) is 7.48. The van der Waals surface area contributed by atoms with Crippen LogP contribution in [0.1, 0.15) is 51.0 Å². The van der Waals surface area contributed by atoms with E-state index >= 15 is 0 Å². The molecular formula is C22H33N5O. The van der Waals surface area contributed by atoms with E-state index < -0.39 is 0 Å². The Bertz CT molecular complexity index is 730. The maximum atomic E-state index is 9.53. The fourth-order valence-electron chi connectivity index (χ4n) is 4.06. The molecule has 2 aromatic rings. The first-order valence-corrected chi connectivity index (χ1v) is 10.5. The summed E-state index contributed by atoms with van der Waals surface area (Å²) in [6, 6.07) is 10.2. The molecule has 0 aliphatic heterocycles. The standard InChI is InChI=1S/C22H33N5O/c1-2-23-21(25-18-22(12-15-28)10-4-3-5-11-22)24-17-19-8-6-9-20(16-19)27-14-7-13-26-27/h6-9,13-14,16,28H,2-5,10-12,15,17-18H2,1H3,(H2,23,24,25).